The second kappa shape index (κ2) is 2.29. The number of hydrogen-bond acceptors (Lipinski definition) is 1. The Morgan fingerprint density at radius 1 is 1.60 bits per heavy atom. The highest BCUT2D eigenvalue weighted by atomic mass is 19.3. The Balaban J connectivity index is 2.52. The van der Waals surface area contributed by atoms with Crippen molar-refractivity contribution in [3.63, 3.8) is 0 Å². The van der Waals surface area contributed by atoms with Crippen LogP contribution in [0.1, 0.15) is 26.2 Å². The third-order valence-corrected chi connectivity index (χ3v) is 1.75. The highest BCUT2D eigenvalue weighted by molar-refractivity contribution is 5.89. The van der Waals surface area contributed by atoms with Crippen molar-refractivity contribution in [2.24, 2.45) is 5.92 Å². The van der Waals surface area contributed by atoms with Crippen molar-refractivity contribution in [3.05, 3.63) is 0 Å². The van der Waals surface area contributed by atoms with E-state index in [4.69, 9.17) is 0 Å². The second-order valence-electron chi connectivity index (χ2n) is 2.70. The SMILES string of the molecule is CCC(F)(F)C(=O)C1CC1. The minimum Gasteiger partial charge on any atom is -0.293 e. The molecule has 3 heteroatoms. The number of carbonyl (C=O) groups excluding carboxylic acids is 1. The van der Waals surface area contributed by atoms with E-state index >= 15 is 0 Å². The first-order valence-electron chi connectivity index (χ1n) is 3.50. The summed E-state index contributed by atoms with van der Waals surface area (Å²) in [6.45, 7) is 1.33. The monoisotopic (exact) mass is 148 g/mol. The summed E-state index contributed by atoms with van der Waals surface area (Å²) in [4.78, 5) is 10.7. The highest BCUT2D eigenvalue weighted by Crippen LogP contribution is 2.36. The van der Waals surface area contributed by atoms with Crippen molar-refractivity contribution >= 4 is 5.78 Å². The number of halogens is 2. The van der Waals surface area contributed by atoms with Crippen molar-refractivity contribution in [2.45, 2.75) is 32.1 Å². The Morgan fingerprint density at radius 2 is 2.10 bits per heavy atom. The maximum Gasteiger partial charge on any atom is 0.305 e. The van der Waals surface area contributed by atoms with Gasteiger partial charge in [0, 0.05) is 12.3 Å². The number of carbonyl (C=O) groups is 1. The Morgan fingerprint density at radius 3 is 2.40 bits per heavy atom. The molecule has 0 aromatic rings. The predicted molar refractivity (Wildman–Crippen MR) is 33.0 cm³/mol. The summed E-state index contributed by atoms with van der Waals surface area (Å²) in [5.74, 6) is -4.23. The Hall–Kier alpha value is -0.470. The molecule has 0 unspecified atom stereocenters. The maximum atomic E-state index is 12.5. The van der Waals surface area contributed by atoms with Gasteiger partial charge in [-0.15, -0.1) is 0 Å². The zero-order valence-corrected chi connectivity index (χ0v) is 5.86. The molecule has 10 heavy (non-hydrogen) atoms. The van der Waals surface area contributed by atoms with Gasteiger partial charge in [0.05, 0.1) is 0 Å². The van der Waals surface area contributed by atoms with Crippen LogP contribution in [0.2, 0.25) is 0 Å². The molecule has 0 aromatic heterocycles. The van der Waals surface area contributed by atoms with Crippen molar-refractivity contribution in [3.8, 4) is 0 Å². The highest BCUT2D eigenvalue weighted by Gasteiger charge is 2.45. The molecule has 1 fully saturated rings. The van der Waals surface area contributed by atoms with E-state index in [9.17, 15) is 13.6 Å². The van der Waals surface area contributed by atoms with Crippen LogP contribution in [0.3, 0.4) is 0 Å². The Labute approximate surface area is 58.4 Å². The average molecular weight is 148 g/mol. The molecule has 0 bridgehead atoms. The summed E-state index contributed by atoms with van der Waals surface area (Å²) in [7, 11) is 0. The number of ketones is 1. The summed E-state index contributed by atoms with van der Waals surface area (Å²) < 4.78 is 25.0. The standard InChI is InChI=1S/C7H10F2O/c1-2-7(8,9)6(10)5-3-4-5/h5H,2-4H2,1H3. The zero-order chi connectivity index (χ0) is 7.78. The van der Waals surface area contributed by atoms with Gasteiger partial charge in [0.2, 0.25) is 5.78 Å². The summed E-state index contributed by atoms with van der Waals surface area (Å²) in [5, 5.41) is 0. The molecule has 1 nitrogen and oxygen atoms in total. The fourth-order valence-electron chi connectivity index (χ4n) is 0.818. The smallest absolute Gasteiger partial charge is 0.293 e. The lowest BCUT2D eigenvalue weighted by Gasteiger charge is -2.10. The van der Waals surface area contributed by atoms with Crippen molar-refractivity contribution in [1.29, 1.82) is 0 Å². The Bertz CT molecular complexity index is 150. The van der Waals surface area contributed by atoms with E-state index in [0.717, 1.165) is 0 Å². The number of Topliss-reactive ketones (excluding diaryl/α,β-unsaturated/α-hetero) is 1. The van der Waals surface area contributed by atoms with Crippen LogP contribution in [-0.4, -0.2) is 11.7 Å². The fraction of sp³-hybridized carbons (Fsp3) is 0.857. The first-order valence-corrected chi connectivity index (χ1v) is 3.50. The fourth-order valence-corrected chi connectivity index (χ4v) is 0.818. The largest absolute Gasteiger partial charge is 0.305 e. The van der Waals surface area contributed by atoms with Gasteiger partial charge >= 0.3 is 5.92 Å². The second-order valence-corrected chi connectivity index (χ2v) is 2.70. The summed E-state index contributed by atoms with van der Waals surface area (Å²) in [5.41, 5.74) is 0. The maximum absolute atomic E-state index is 12.5. The number of alkyl halides is 2. The molecule has 0 heterocycles. The molecule has 0 amide bonds. The molecule has 58 valence electrons. The molecule has 0 saturated heterocycles. The van der Waals surface area contributed by atoms with Gasteiger partial charge in [0.15, 0.2) is 0 Å². The van der Waals surface area contributed by atoms with E-state index in [-0.39, 0.29) is 12.3 Å². The normalized spacial score (nSPS) is 19.1. The number of rotatable bonds is 3. The van der Waals surface area contributed by atoms with Crippen molar-refractivity contribution < 1.29 is 13.6 Å². The lowest BCUT2D eigenvalue weighted by atomic mass is 10.1. The van der Waals surface area contributed by atoms with E-state index in [1.165, 1.54) is 6.92 Å². The molecule has 0 spiro atoms. The van der Waals surface area contributed by atoms with Gasteiger partial charge in [-0.2, -0.15) is 8.78 Å². The van der Waals surface area contributed by atoms with Gasteiger partial charge in [0.1, 0.15) is 0 Å². The molecular weight excluding hydrogens is 138 g/mol. The summed E-state index contributed by atoms with van der Waals surface area (Å²) in [6, 6.07) is 0. The van der Waals surface area contributed by atoms with E-state index in [2.05, 4.69) is 0 Å². The first-order chi connectivity index (χ1) is 4.58. The molecule has 1 rings (SSSR count). The van der Waals surface area contributed by atoms with Crippen molar-refractivity contribution in [1.82, 2.24) is 0 Å². The lowest BCUT2D eigenvalue weighted by molar-refractivity contribution is -0.144. The lowest BCUT2D eigenvalue weighted by Crippen LogP contribution is -2.28. The third kappa shape index (κ3) is 1.33. The van der Waals surface area contributed by atoms with Crippen LogP contribution < -0.4 is 0 Å². The molecule has 1 aliphatic carbocycles. The van der Waals surface area contributed by atoms with Gasteiger partial charge in [-0.1, -0.05) is 6.92 Å². The van der Waals surface area contributed by atoms with Crippen LogP contribution in [0, 0.1) is 5.92 Å². The minimum absolute atomic E-state index is 0.324. The van der Waals surface area contributed by atoms with Gasteiger partial charge in [-0.25, -0.2) is 0 Å². The van der Waals surface area contributed by atoms with E-state index in [1.807, 2.05) is 0 Å². The Kier molecular flexibility index (Phi) is 1.75. The van der Waals surface area contributed by atoms with Crippen LogP contribution in [0.25, 0.3) is 0 Å². The van der Waals surface area contributed by atoms with Crippen LogP contribution in [0.5, 0.6) is 0 Å². The minimum atomic E-state index is -3.05. The average Bonchev–Trinajstić information content (AvgIpc) is 2.68. The third-order valence-electron chi connectivity index (χ3n) is 1.75. The van der Waals surface area contributed by atoms with E-state index in [0.29, 0.717) is 12.8 Å². The van der Waals surface area contributed by atoms with Gasteiger partial charge in [-0.3, -0.25) is 4.79 Å². The molecule has 1 saturated carbocycles. The van der Waals surface area contributed by atoms with Crippen LogP contribution >= 0.6 is 0 Å². The zero-order valence-electron chi connectivity index (χ0n) is 5.86. The van der Waals surface area contributed by atoms with Gasteiger partial charge in [0.25, 0.3) is 0 Å². The molecule has 0 atom stereocenters. The van der Waals surface area contributed by atoms with Crippen LogP contribution in [-0.2, 0) is 4.79 Å². The van der Waals surface area contributed by atoms with Gasteiger partial charge in [-0.05, 0) is 12.8 Å². The van der Waals surface area contributed by atoms with Crippen molar-refractivity contribution in [2.75, 3.05) is 0 Å². The molecule has 0 aliphatic heterocycles. The topological polar surface area (TPSA) is 17.1 Å². The first kappa shape index (κ1) is 7.63. The summed E-state index contributed by atoms with van der Waals surface area (Å²) >= 11 is 0. The van der Waals surface area contributed by atoms with E-state index in [1.54, 1.807) is 0 Å². The molecular formula is C7H10F2O. The molecule has 0 N–H and O–H groups in total. The molecule has 0 radical (unpaired) electrons. The number of hydrogen-bond donors (Lipinski definition) is 0. The molecule has 1 aliphatic rings. The quantitative estimate of drug-likeness (QED) is 0.598. The van der Waals surface area contributed by atoms with Gasteiger partial charge < -0.3 is 0 Å². The van der Waals surface area contributed by atoms with Crippen LogP contribution in [0.4, 0.5) is 8.78 Å². The molecule has 0 aromatic carbocycles. The predicted octanol–water partition coefficient (Wildman–Crippen LogP) is 2.01. The summed E-state index contributed by atoms with van der Waals surface area (Å²) in [6.07, 6.45) is 0.963. The van der Waals surface area contributed by atoms with E-state index < -0.39 is 11.7 Å². The van der Waals surface area contributed by atoms with Crippen LogP contribution in [0.15, 0.2) is 0 Å².